The molecule has 0 atom stereocenters. The monoisotopic (exact) mass is 111 g/mol. The van der Waals surface area contributed by atoms with Gasteiger partial charge >= 0.3 is 5.97 Å². The van der Waals surface area contributed by atoms with Crippen LogP contribution in [0, 0.1) is 12.3 Å². The summed E-state index contributed by atoms with van der Waals surface area (Å²) in [6.45, 7) is 0. The third kappa shape index (κ3) is 3.23. The topological polar surface area (TPSA) is 26.3 Å². The minimum Gasteiger partial charge on any atom is -0.469 e. The Hall–Kier alpha value is -0.970. The molecule has 8 heavy (non-hydrogen) atoms. The van der Waals surface area contributed by atoms with Crippen LogP contribution in [0.25, 0.3) is 0 Å². The van der Waals surface area contributed by atoms with Gasteiger partial charge in [-0.25, -0.2) is 0 Å². The summed E-state index contributed by atoms with van der Waals surface area (Å²) < 4.78 is 4.29. The molecule has 0 aliphatic rings. The number of rotatable bonds is 2. The van der Waals surface area contributed by atoms with E-state index in [0.29, 0.717) is 6.42 Å². The van der Waals surface area contributed by atoms with Crippen molar-refractivity contribution in [3.05, 3.63) is 6.42 Å². The summed E-state index contributed by atoms with van der Waals surface area (Å²) in [5.74, 6) is 1.79. The third-order valence-electron chi connectivity index (χ3n) is 0.682. The van der Waals surface area contributed by atoms with Crippen LogP contribution < -0.4 is 0 Å². The Morgan fingerprint density at radius 3 is 2.88 bits per heavy atom. The average molecular weight is 111 g/mol. The normalized spacial score (nSPS) is 7.50. The molecule has 0 heterocycles. The van der Waals surface area contributed by atoms with E-state index in [-0.39, 0.29) is 12.4 Å². The molecule has 0 amide bonds. The third-order valence-corrected chi connectivity index (χ3v) is 0.682. The molecule has 1 radical (unpaired) electrons. The smallest absolute Gasteiger partial charge is 0.306 e. The molecule has 0 unspecified atom stereocenters. The molecular formula is C6H7O2. The summed E-state index contributed by atoms with van der Waals surface area (Å²) in [5.41, 5.74) is 0. The molecule has 0 rings (SSSR count). The van der Waals surface area contributed by atoms with Crippen LogP contribution in [0.3, 0.4) is 0 Å². The van der Waals surface area contributed by atoms with Crippen molar-refractivity contribution < 1.29 is 9.53 Å². The second kappa shape index (κ2) is 4.20. The van der Waals surface area contributed by atoms with Gasteiger partial charge in [-0.15, -0.1) is 0 Å². The number of ether oxygens (including phenoxy) is 1. The molecule has 0 saturated carbocycles. The van der Waals surface area contributed by atoms with E-state index in [0.717, 1.165) is 0 Å². The van der Waals surface area contributed by atoms with Crippen LogP contribution in [-0.4, -0.2) is 13.1 Å². The van der Waals surface area contributed by atoms with Gasteiger partial charge in [-0.1, -0.05) is 5.92 Å². The molecule has 2 heteroatoms. The number of esters is 1. The lowest BCUT2D eigenvalue weighted by Gasteiger charge is -1.90. The Bertz CT molecular complexity index is 110. The van der Waals surface area contributed by atoms with Crippen LogP contribution in [0.2, 0.25) is 0 Å². The summed E-state index contributed by atoms with van der Waals surface area (Å²) in [5, 5.41) is 0. The maximum absolute atomic E-state index is 10.2. The van der Waals surface area contributed by atoms with Crippen molar-refractivity contribution in [2.45, 2.75) is 12.8 Å². The number of carbonyl (C=O) groups excluding carboxylic acids is 1. The van der Waals surface area contributed by atoms with E-state index < -0.39 is 0 Å². The highest BCUT2D eigenvalue weighted by atomic mass is 16.5. The molecule has 0 N–H and O–H groups in total. The van der Waals surface area contributed by atoms with E-state index in [4.69, 9.17) is 6.42 Å². The van der Waals surface area contributed by atoms with Gasteiger partial charge in [-0.05, 0) is 6.42 Å². The van der Waals surface area contributed by atoms with Gasteiger partial charge in [-0.3, -0.25) is 4.79 Å². The summed E-state index contributed by atoms with van der Waals surface area (Å²) in [4.78, 5) is 10.2. The lowest BCUT2D eigenvalue weighted by molar-refractivity contribution is -0.140. The Kier molecular flexibility index (Phi) is 3.69. The first-order valence-corrected chi connectivity index (χ1v) is 2.27. The predicted octanol–water partition coefficient (Wildman–Crippen LogP) is 0.529. The molecule has 0 aliphatic carbocycles. The van der Waals surface area contributed by atoms with Crippen molar-refractivity contribution in [2.75, 3.05) is 7.11 Å². The number of carbonyl (C=O) groups is 1. The maximum Gasteiger partial charge on any atom is 0.306 e. The summed E-state index contributed by atoms with van der Waals surface area (Å²) in [6.07, 6.45) is 7.03. The minimum atomic E-state index is -0.287. The quantitative estimate of drug-likeness (QED) is 0.384. The first-order valence-electron chi connectivity index (χ1n) is 2.27. The fourth-order valence-corrected chi connectivity index (χ4v) is 0.267. The van der Waals surface area contributed by atoms with Gasteiger partial charge in [0.25, 0.3) is 0 Å². The molecule has 0 bridgehead atoms. The molecule has 0 fully saturated rings. The zero-order valence-electron chi connectivity index (χ0n) is 4.73. The van der Waals surface area contributed by atoms with Crippen LogP contribution in [0.4, 0.5) is 0 Å². The van der Waals surface area contributed by atoms with Gasteiger partial charge in [-0.2, -0.15) is 0 Å². The van der Waals surface area contributed by atoms with Crippen LogP contribution in [0.5, 0.6) is 0 Å². The Morgan fingerprint density at radius 1 is 1.88 bits per heavy atom. The first kappa shape index (κ1) is 7.03. The van der Waals surface area contributed by atoms with Crippen molar-refractivity contribution in [3.63, 3.8) is 0 Å². The fourth-order valence-electron chi connectivity index (χ4n) is 0.267. The van der Waals surface area contributed by atoms with Crippen LogP contribution in [0.15, 0.2) is 0 Å². The molecule has 0 aromatic carbocycles. The zero-order chi connectivity index (χ0) is 6.41. The maximum atomic E-state index is 10.2. The lowest BCUT2D eigenvalue weighted by atomic mass is 10.3. The Labute approximate surface area is 48.8 Å². The van der Waals surface area contributed by atoms with E-state index in [1.54, 1.807) is 0 Å². The molecule has 2 nitrogen and oxygen atoms in total. The molecule has 0 saturated heterocycles. The van der Waals surface area contributed by atoms with Crippen LogP contribution in [-0.2, 0) is 9.53 Å². The van der Waals surface area contributed by atoms with Gasteiger partial charge in [0.2, 0.25) is 0 Å². The van der Waals surface area contributed by atoms with Crippen molar-refractivity contribution in [2.24, 2.45) is 0 Å². The van der Waals surface area contributed by atoms with E-state index >= 15 is 0 Å². The second-order valence-corrected chi connectivity index (χ2v) is 1.25. The highest BCUT2D eigenvalue weighted by molar-refractivity contribution is 5.69. The summed E-state index contributed by atoms with van der Waals surface area (Å²) >= 11 is 0. The minimum absolute atomic E-state index is 0.264. The van der Waals surface area contributed by atoms with Gasteiger partial charge in [0.05, 0.1) is 13.5 Å². The van der Waals surface area contributed by atoms with Gasteiger partial charge in [0.1, 0.15) is 0 Å². The summed E-state index contributed by atoms with van der Waals surface area (Å²) in [7, 11) is 1.33. The van der Waals surface area contributed by atoms with E-state index in [9.17, 15) is 4.79 Å². The van der Waals surface area contributed by atoms with Crippen molar-refractivity contribution in [3.8, 4) is 5.92 Å². The van der Waals surface area contributed by atoms with Crippen molar-refractivity contribution in [1.29, 1.82) is 0 Å². The summed E-state index contributed by atoms with van der Waals surface area (Å²) in [6, 6.07) is 0. The molecule has 0 aromatic heterocycles. The lowest BCUT2D eigenvalue weighted by Crippen LogP contribution is -1.97. The first-order chi connectivity index (χ1) is 3.81. The van der Waals surface area contributed by atoms with E-state index in [2.05, 4.69) is 10.7 Å². The SMILES string of the molecule is [C]#CCCC(=O)OC. The van der Waals surface area contributed by atoms with E-state index in [1.807, 2.05) is 0 Å². The molecule has 0 aromatic rings. The molecule has 0 spiro atoms. The van der Waals surface area contributed by atoms with Gasteiger partial charge in [0, 0.05) is 6.42 Å². The van der Waals surface area contributed by atoms with Gasteiger partial charge in [0.15, 0.2) is 0 Å². The van der Waals surface area contributed by atoms with E-state index in [1.165, 1.54) is 7.11 Å². The zero-order valence-corrected chi connectivity index (χ0v) is 4.73. The van der Waals surface area contributed by atoms with Gasteiger partial charge < -0.3 is 4.74 Å². The molecule has 43 valence electrons. The fraction of sp³-hybridized carbons (Fsp3) is 0.500. The average Bonchev–Trinajstić information content (AvgIpc) is 1.83. The van der Waals surface area contributed by atoms with Crippen LogP contribution in [0.1, 0.15) is 12.8 Å². The molecule has 0 aliphatic heterocycles. The standard InChI is InChI=1S/C6H7O2/c1-3-4-5-6(7)8-2/h4-5H2,2H3. The Morgan fingerprint density at radius 2 is 2.50 bits per heavy atom. The van der Waals surface area contributed by atoms with Crippen molar-refractivity contribution in [1.82, 2.24) is 0 Å². The largest absolute Gasteiger partial charge is 0.469 e. The highest BCUT2D eigenvalue weighted by Gasteiger charge is 1.94. The van der Waals surface area contributed by atoms with Crippen LogP contribution >= 0.6 is 0 Å². The predicted molar refractivity (Wildman–Crippen MR) is 28.4 cm³/mol. The highest BCUT2D eigenvalue weighted by Crippen LogP contribution is 1.87. The second-order valence-electron chi connectivity index (χ2n) is 1.25. The number of hydrogen-bond donors (Lipinski definition) is 0. The number of hydrogen-bond acceptors (Lipinski definition) is 2. The molecular weight excluding hydrogens is 104 g/mol. The Balaban J connectivity index is 3.15. The van der Waals surface area contributed by atoms with Crippen molar-refractivity contribution >= 4 is 5.97 Å². The number of methoxy groups -OCH3 is 1.